The van der Waals surface area contributed by atoms with Gasteiger partial charge in [0.05, 0.1) is 6.54 Å². The van der Waals surface area contributed by atoms with Gasteiger partial charge in [0.1, 0.15) is 24.3 Å². The molecule has 0 saturated heterocycles. The molecule has 136 valence electrons. The Morgan fingerprint density at radius 1 is 1.28 bits per heavy atom. The molecule has 1 heterocycles. The molecule has 0 fully saturated rings. The van der Waals surface area contributed by atoms with Gasteiger partial charge in [0, 0.05) is 18.0 Å². The highest BCUT2D eigenvalue weighted by atomic mass is 32.1. The van der Waals surface area contributed by atoms with Crippen LogP contribution in [-0.4, -0.2) is 43.4 Å². The SMILES string of the molecule is CCNC(=NCC(O)COc1ccc(F)cc1)NCCc1cccs1. The summed E-state index contributed by atoms with van der Waals surface area (Å²) in [5.41, 5.74) is 0. The van der Waals surface area contributed by atoms with Crippen molar-refractivity contribution in [1.29, 1.82) is 0 Å². The Balaban J connectivity index is 1.73. The van der Waals surface area contributed by atoms with Crippen molar-refractivity contribution in [1.82, 2.24) is 10.6 Å². The van der Waals surface area contributed by atoms with Gasteiger partial charge in [0.2, 0.25) is 0 Å². The zero-order valence-corrected chi connectivity index (χ0v) is 15.1. The number of hydrogen-bond acceptors (Lipinski definition) is 4. The number of thiophene rings is 1. The van der Waals surface area contributed by atoms with E-state index in [0.29, 0.717) is 11.7 Å². The summed E-state index contributed by atoms with van der Waals surface area (Å²) in [5, 5.41) is 18.5. The Hall–Kier alpha value is -2.12. The van der Waals surface area contributed by atoms with Gasteiger partial charge in [-0.25, -0.2) is 4.39 Å². The second-order valence-corrected chi connectivity index (χ2v) is 6.43. The van der Waals surface area contributed by atoms with Crippen molar-refractivity contribution in [3.63, 3.8) is 0 Å². The second-order valence-electron chi connectivity index (χ2n) is 5.39. The molecule has 3 N–H and O–H groups in total. The van der Waals surface area contributed by atoms with Crippen molar-refractivity contribution in [2.24, 2.45) is 4.99 Å². The lowest BCUT2D eigenvalue weighted by molar-refractivity contribution is 0.114. The third-order valence-corrected chi connectivity index (χ3v) is 4.24. The van der Waals surface area contributed by atoms with Gasteiger partial charge in [0.25, 0.3) is 0 Å². The van der Waals surface area contributed by atoms with E-state index >= 15 is 0 Å². The van der Waals surface area contributed by atoms with Gasteiger partial charge >= 0.3 is 0 Å². The van der Waals surface area contributed by atoms with Crippen LogP contribution in [-0.2, 0) is 6.42 Å². The first-order valence-corrected chi connectivity index (χ1v) is 9.16. The van der Waals surface area contributed by atoms with Crippen LogP contribution >= 0.6 is 11.3 Å². The molecule has 1 atom stereocenters. The zero-order valence-electron chi connectivity index (χ0n) is 14.2. The largest absolute Gasteiger partial charge is 0.491 e. The molecule has 0 radical (unpaired) electrons. The quantitative estimate of drug-likeness (QED) is 0.472. The maximum atomic E-state index is 12.8. The molecule has 0 amide bonds. The molecular weight excluding hydrogens is 341 g/mol. The number of hydrogen-bond donors (Lipinski definition) is 3. The van der Waals surface area contributed by atoms with Gasteiger partial charge in [-0.15, -0.1) is 11.3 Å². The Bertz CT molecular complexity index is 632. The summed E-state index contributed by atoms with van der Waals surface area (Å²) in [6, 6.07) is 9.84. The summed E-state index contributed by atoms with van der Waals surface area (Å²) in [6.45, 7) is 3.82. The maximum absolute atomic E-state index is 12.8. The van der Waals surface area contributed by atoms with E-state index in [4.69, 9.17) is 4.74 Å². The van der Waals surface area contributed by atoms with E-state index in [1.807, 2.05) is 13.0 Å². The first kappa shape index (κ1) is 19.2. The van der Waals surface area contributed by atoms with Crippen molar-refractivity contribution >= 4 is 17.3 Å². The fourth-order valence-electron chi connectivity index (χ4n) is 2.07. The lowest BCUT2D eigenvalue weighted by Crippen LogP contribution is -2.39. The van der Waals surface area contributed by atoms with Crippen LogP contribution in [0.4, 0.5) is 4.39 Å². The number of benzene rings is 1. The van der Waals surface area contributed by atoms with Crippen LogP contribution in [0.2, 0.25) is 0 Å². The molecule has 1 unspecified atom stereocenters. The van der Waals surface area contributed by atoms with E-state index < -0.39 is 6.10 Å². The van der Waals surface area contributed by atoms with E-state index in [2.05, 4.69) is 27.1 Å². The lowest BCUT2D eigenvalue weighted by atomic mass is 10.3. The fourth-order valence-corrected chi connectivity index (χ4v) is 2.78. The van der Waals surface area contributed by atoms with Gasteiger partial charge in [-0.05, 0) is 49.1 Å². The molecule has 7 heteroatoms. The van der Waals surface area contributed by atoms with Gasteiger partial charge in [-0.3, -0.25) is 4.99 Å². The van der Waals surface area contributed by atoms with Crippen LogP contribution in [0.1, 0.15) is 11.8 Å². The molecule has 2 rings (SSSR count). The first-order chi connectivity index (χ1) is 12.2. The Kier molecular flexibility index (Phi) is 8.21. The van der Waals surface area contributed by atoms with Crippen LogP contribution in [0.3, 0.4) is 0 Å². The molecule has 0 aliphatic heterocycles. The van der Waals surface area contributed by atoms with E-state index in [1.165, 1.54) is 29.1 Å². The van der Waals surface area contributed by atoms with Gasteiger partial charge < -0.3 is 20.5 Å². The normalized spacial score (nSPS) is 12.7. The lowest BCUT2D eigenvalue weighted by Gasteiger charge is -2.13. The Morgan fingerprint density at radius 3 is 2.76 bits per heavy atom. The number of halogens is 1. The minimum Gasteiger partial charge on any atom is -0.491 e. The van der Waals surface area contributed by atoms with Crippen molar-refractivity contribution in [2.75, 3.05) is 26.2 Å². The number of rotatable bonds is 9. The van der Waals surface area contributed by atoms with E-state index in [-0.39, 0.29) is 19.0 Å². The Morgan fingerprint density at radius 2 is 2.08 bits per heavy atom. The predicted octanol–water partition coefficient (Wildman–Crippen LogP) is 2.42. The molecule has 0 spiro atoms. The first-order valence-electron chi connectivity index (χ1n) is 8.28. The number of nitrogens with zero attached hydrogens (tertiary/aromatic N) is 1. The molecular formula is C18H24FN3O2S. The van der Waals surface area contributed by atoms with Crippen molar-refractivity contribution in [3.8, 4) is 5.75 Å². The van der Waals surface area contributed by atoms with Crippen LogP contribution in [0.25, 0.3) is 0 Å². The smallest absolute Gasteiger partial charge is 0.191 e. The number of ether oxygens (including phenoxy) is 1. The van der Waals surface area contributed by atoms with Crippen molar-refractivity contribution in [2.45, 2.75) is 19.4 Å². The second kappa shape index (κ2) is 10.7. The zero-order chi connectivity index (χ0) is 17.9. The number of aliphatic imine (C=N–C) groups is 1. The highest BCUT2D eigenvalue weighted by Gasteiger charge is 2.06. The summed E-state index contributed by atoms with van der Waals surface area (Å²) in [5.74, 6) is 0.867. The molecule has 1 aromatic heterocycles. The van der Waals surface area contributed by atoms with E-state index in [0.717, 1.165) is 19.5 Å². The van der Waals surface area contributed by atoms with Crippen molar-refractivity contribution in [3.05, 3.63) is 52.5 Å². The molecule has 5 nitrogen and oxygen atoms in total. The average Bonchev–Trinajstić information content (AvgIpc) is 3.12. The number of nitrogens with one attached hydrogen (secondary N) is 2. The highest BCUT2D eigenvalue weighted by Crippen LogP contribution is 2.11. The third-order valence-electron chi connectivity index (χ3n) is 3.30. The van der Waals surface area contributed by atoms with Crippen LogP contribution in [0.15, 0.2) is 46.8 Å². The van der Waals surface area contributed by atoms with Gasteiger partial charge in [-0.1, -0.05) is 6.07 Å². The van der Waals surface area contributed by atoms with E-state index in [1.54, 1.807) is 11.3 Å². The maximum Gasteiger partial charge on any atom is 0.191 e. The molecule has 0 bridgehead atoms. The van der Waals surface area contributed by atoms with Crippen molar-refractivity contribution < 1.29 is 14.2 Å². The minimum absolute atomic E-state index is 0.101. The minimum atomic E-state index is -0.738. The topological polar surface area (TPSA) is 65.9 Å². The van der Waals surface area contributed by atoms with Crippen LogP contribution in [0.5, 0.6) is 5.75 Å². The predicted molar refractivity (Wildman–Crippen MR) is 99.9 cm³/mol. The molecule has 0 aliphatic carbocycles. The average molecular weight is 365 g/mol. The number of aliphatic hydroxyl groups is 1. The van der Waals surface area contributed by atoms with Gasteiger partial charge in [0.15, 0.2) is 5.96 Å². The highest BCUT2D eigenvalue weighted by molar-refractivity contribution is 7.09. The van der Waals surface area contributed by atoms with Gasteiger partial charge in [-0.2, -0.15) is 0 Å². The standard InChI is InChI=1S/C18H24FN3O2S/c1-2-20-18(21-10-9-17-4-3-11-25-17)22-12-15(23)13-24-16-7-5-14(19)6-8-16/h3-8,11,15,23H,2,9-10,12-13H2,1H3,(H2,20,21,22). The fraction of sp³-hybridized carbons (Fsp3) is 0.389. The van der Waals surface area contributed by atoms with Crippen LogP contribution < -0.4 is 15.4 Å². The summed E-state index contributed by atoms with van der Waals surface area (Å²) in [4.78, 5) is 5.68. The number of aliphatic hydroxyl groups excluding tert-OH is 1. The summed E-state index contributed by atoms with van der Waals surface area (Å²) in [7, 11) is 0. The molecule has 0 aliphatic rings. The molecule has 0 saturated carbocycles. The van der Waals surface area contributed by atoms with E-state index in [9.17, 15) is 9.50 Å². The summed E-state index contributed by atoms with van der Waals surface area (Å²) in [6.07, 6.45) is 0.191. The Labute approximate surface area is 151 Å². The molecule has 2 aromatic rings. The third kappa shape index (κ3) is 7.53. The molecule has 25 heavy (non-hydrogen) atoms. The monoisotopic (exact) mass is 365 g/mol. The summed E-state index contributed by atoms with van der Waals surface area (Å²) >= 11 is 1.73. The summed E-state index contributed by atoms with van der Waals surface area (Å²) < 4.78 is 18.2. The molecule has 1 aromatic carbocycles. The van der Waals surface area contributed by atoms with Crippen LogP contribution in [0, 0.1) is 5.82 Å². The number of guanidine groups is 1.